The molecule has 31 heavy (non-hydrogen) atoms. The van der Waals surface area contributed by atoms with Gasteiger partial charge in [0.2, 0.25) is 11.8 Å². The third-order valence-electron chi connectivity index (χ3n) is 4.65. The quantitative estimate of drug-likeness (QED) is 0.571. The Kier molecular flexibility index (Phi) is 8.76. The predicted octanol–water partition coefficient (Wildman–Crippen LogP) is 3.92. The van der Waals surface area contributed by atoms with Gasteiger partial charge in [0.25, 0.3) is 0 Å². The fourth-order valence-electron chi connectivity index (χ4n) is 3.34. The molecule has 1 aromatic carbocycles. The molecule has 0 saturated heterocycles. The van der Waals surface area contributed by atoms with Gasteiger partial charge >= 0.3 is 5.97 Å². The molecule has 2 rings (SSSR count). The zero-order valence-electron chi connectivity index (χ0n) is 19.0. The topological polar surface area (TPSA) is 87.7 Å². The average Bonchev–Trinajstić information content (AvgIpc) is 3.07. The minimum absolute atomic E-state index is 0.0148. The molecule has 0 aliphatic carbocycles. The Morgan fingerprint density at radius 3 is 2.10 bits per heavy atom. The van der Waals surface area contributed by atoms with Gasteiger partial charge in [0.15, 0.2) is 0 Å². The number of carbonyl (C=O) groups excluding carboxylic acids is 3. The number of hydrogen-bond acceptors (Lipinski definition) is 6. The van der Waals surface area contributed by atoms with Crippen molar-refractivity contribution >= 4 is 39.8 Å². The average molecular weight is 446 g/mol. The van der Waals surface area contributed by atoms with Gasteiger partial charge in [0, 0.05) is 10.6 Å². The third-order valence-corrected chi connectivity index (χ3v) is 5.84. The maximum atomic E-state index is 12.5. The number of hydrogen-bond donors (Lipinski definition) is 2. The summed E-state index contributed by atoms with van der Waals surface area (Å²) in [6, 6.07) is 5.79. The molecule has 168 valence electrons. The number of nitrogens with one attached hydrogen (secondary N) is 2. The molecule has 0 radical (unpaired) electrons. The summed E-state index contributed by atoms with van der Waals surface area (Å²) in [6.07, 6.45) is 0.755. The molecule has 8 heteroatoms. The summed E-state index contributed by atoms with van der Waals surface area (Å²) in [5.41, 5.74) is 4.31. The molecule has 0 spiro atoms. The number of nitrogens with zero attached hydrogens (tertiary/aromatic N) is 1. The lowest BCUT2D eigenvalue weighted by atomic mass is 10.1. The number of carbonyl (C=O) groups is 3. The summed E-state index contributed by atoms with van der Waals surface area (Å²) in [4.78, 5) is 39.7. The Morgan fingerprint density at radius 2 is 1.55 bits per heavy atom. The van der Waals surface area contributed by atoms with Gasteiger partial charge in [-0.2, -0.15) is 0 Å². The molecule has 1 aromatic heterocycles. The molecule has 2 amide bonds. The predicted molar refractivity (Wildman–Crippen MR) is 125 cm³/mol. The zero-order chi connectivity index (χ0) is 23.1. The van der Waals surface area contributed by atoms with Gasteiger partial charge in [-0.1, -0.05) is 24.6 Å². The second kappa shape index (κ2) is 11.1. The second-order valence-electron chi connectivity index (χ2n) is 7.57. The highest BCUT2D eigenvalue weighted by Crippen LogP contribution is 2.29. The van der Waals surface area contributed by atoms with Crippen molar-refractivity contribution in [3.8, 4) is 0 Å². The van der Waals surface area contributed by atoms with Crippen LogP contribution in [0.1, 0.15) is 45.8 Å². The first-order chi connectivity index (χ1) is 14.6. The van der Waals surface area contributed by atoms with E-state index >= 15 is 0 Å². The van der Waals surface area contributed by atoms with E-state index in [0.29, 0.717) is 10.6 Å². The minimum atomic E-state index is -0.453. The monoisotopic (exact) mass is 445 g/mol. The van der Waals surface area contributed by atoms with Crippen molar-refractivity contribution in [1.29, 1.82) is 0 Å². The summed E-state index contributed by atoms with van der Waals surface area (Å²) in [5, 5.41) is 6.20. The van der Waals surface area contributed by atoms with Gasteiger partial charge in [-0.25, -0.2) is 4.79 Å². The maximum Gasteiger partial charge on any atom is 0.341 e. The molecule has 0 bridgehead atoms. The number of thiophene rings is 1. The molecule has 0 fully saturated rings. The third kappa shape index (κ3) is 6.90. The lowest BCUT2D eigenvalue weighted by Gasteiger charge is -2.18. The number of benzene rings is 1. The van der Waals surface area contributed by atoms with E-state index in [9.17, 15) is 14.4 Å². The van der Waals surface area contributed by atoms with Crippen molar-refractivity contribution in [2.24, 2.45) is 0 Å². The smallest absolute Gasteiger partial charge is 0.341 e. The first-order valence-corrected chi connectivity index (χ1v) is 11.1. The Balaban J connectivity index is 1.96. The number of amides is 2. The van der Waals surface area contributed by atoms with Crippen LogP contribution in [-0.2, 0) is 20.7 Å². The fraction of sp³-hybridized carbons (Fsp3) is 0.435. The van der Waals surface area contributed by atoms with Crippen LogP contribution in [0.4, 0.5) is 10.7 Å². The summed E-state index contributed by atoms with van der Waals surface area (Å²) >= 11 is 1.36. The molecule has 0 unspecified atom stereocenters. The van der Waals surface area contributed by atoms with Crippen LogP contribution in [0.2, 0.25) is 0 Å². The molecule has 1 heterocycles. The van der Waals surface area contributed by atoms with Gasteiger partial charge in [0.1, 0.15) is 5.00 Å². The van der Waals surface area contributed by atoms with Crippen molar-refractivity contribution in [1.82, 2.24) is 4.90 Å². The van der Waals surface area contributed by atoms with Crippen LogP contribution < -0.4 is 10.6 Å². The molecule has 2 aromatic rings. The number of aryl methyl sites for hydroxylation is 4. The molecule has 7 nitrogen and oxygen atoms in total. The highest BCUT2D eigenvalue weighted by molar-refractivity contribution is 7.16. The van der Waals surface area contributed by atoms with E-state index in [2.05, 4.69) is 10.6 Å². The van der Waals surface area contributed by atoms with Gasteiger partial charge in [-0.15, -0.1) is 11.3 Å². The first kappa shape index (κ1) is 24.6. The number of rotatable bonds is 9. The highest BCUT2D eigenvalue weighted by atomic mass is 32.1. The summed E-state index contributed by atoms with van der Waals surface area (Å²) < 4.78 is 5.08. The molecular weight excluding hydrogens is 414 g/mol. The number of likely N-dealkylation sites (N-methyl/N-ethyl adjacent to an activating group) is 1. The second-order valence-corrected chi connectivity index (χ2v) is 8.71. The van der Waals surface area contributed by atoms with Gasteiger partial charge in [-0.05, 0) is 58.4 Å². The van der Waals surface area contributed by atoms with Crippen LogP contribution in [-0.4, -0.2) is 49.4 Å². The van der Waals surface area contributed by atoms with E-state index in [1.165, 1.54) is 11.3 Å². The van der Waals surface area contributed by atoms with Crippen molar-refractivity contribution in [3.05, 3.63) is 45.3 Å². The zero-order valence-corrected chi connectivity index (χ0v) is 19.9. The van der Waals surface area contributed by atoms with Crippen LogP contribution in [0.5, 0.6) is 0 Å². The van der Waals surface area contributed by atoms with Gasteiger partial charge in [0.05, 0.1) is 25.3 Å². The van der Waals surface area contributed by atoms with E-state index in [1.54, 1.807) is 24.9 Å². The summed E-state index contributed by atoms with van der Waals surface area (Å²) in [7, 11) is 1.70. The maximum absolute atomic E-state index is 12.5. The largest absolute Gasteiger partial charge is 0.462 e. The Labute approximate surface area is 187 Å². The lowest BCUT2D eigenvalue weighted by Crippen LogP contribution is -2.36. The minimum Gasteiger partial charge on any atom is -0.462 e. The molecule has 0 aliphatic rings. The molecule has 2 N–H and O–H groups in total. The first-order valence-electron chi connectivity index (χ1n) is 10.3. The number of ether oxygens (including phenoxy) is 1. The van der Waals surface area contributed by atoms with E-state index < -0.39 is 5.97 Å². The summed E-state index contributed by atoms with van der Waals surface area (Å²) in [6.45, 7) is 10.00. The van der Waals surface area contributed by atoms with E-state index in [4.69, 9.17) is 4.74 Å². The van der Waals surface area contributed by atoms with Gasteiger partial charge in [-0.3, -0.25) is 14.5 Å². The van der Waals surface area contributed by atoms with Crippen LogP contribution in [0.15, 0.2) is 18.2 Å². The lowest BCUT2D eigenvalue weighted by molar-refractivity contribution is -0.119. The normalized spacial score (nSPS) is 10.8. The van der Waals surface area contributed by atoms with Crippen molar-refractivity contribution in [3.63, 3.8) is 0 Å². The van der Waals surface area contributed by atoms with E-state index in [-0.39, 0.29) is 31.5 Å². The van der Waals surface area contributed by atoms with Crippen molar-refractivity contribution < 1.29 is 19.1 Å². The van der Waals surface area contributed by atoms with Crippen molar-refractivity contribution in [2.45, 2.75) is 41.0 Å². The molecule has 0 aliphatic heterocycles. The Bertz CT molecular complexity index is 945. The van der Waals surface area contributed by atoms with E-state index in [1.807, 2.05) is 39.8 Å². The van der Waals surface area contributed by atoms with Crippen LogP contribution >= 0.6 is 11.3 Å². The fourth-order valence-corrected chi connectivity index (χ4v) is 4.34. The van der Waals surface area contributed by atoms with Crippen LogP contribution in [0.25, 0.3) is 0 Å². The van der Waals surface area contributed by atoms with E-state index in [0.717, 1.165) is 33.7 Å². The number of esters is 1. The number of anilines is 2. The van der Waals surface area contributed by atoms with Crippen LogP contribution in [0.3, 0.4) is 0 Å². The van der Waals surface area contributed by atoms with Crippen LogP contribution in [0, 0.1) is 20.8 Å². The Hall–Kier alpha value is -2.71. The SMILES string of the molecule is CCOC(=O)c1cc(CC)sc1NC(=O)CN(C)CC(=O)Nc1c(C)cc(C)cc1C. The molecule has 0 saturated carbocycles. The Morgan fingerprint density at radius 1 is 0.968 bits per heavy atom. The van der Waals surface area contributed by atoms with Crippen molar-refractivity contribution in [2.75, 3.05) is 37.4 Å². The summed E-state index contributed by atoms with van der Waals surface area (Å²) in [5.74, 6) is -0.944. The molecule has 0 atom stereocenters. The molecular formula is C23H31N3O4S. The van der Waals surface area contributed by atoms with Gasteiger partial charge < -0.3 is 15.4 Å². The standard InChI is InChI=1S/C23H31N3O4S/c1-7-17-11-18(23(29)30-8-2)22(31-17)25-20(28)13-26(6)12-19(27)24-21-15(4)9-14(3)10-16(21)5/h9-11H,7-8,12-13H2,1-6H3,(H,24,27)(H,25,28). The highest BCUT2D eigenvalue weighted by Gasteiger charge is 2.20.